The van der Waals surface area contributed by atoms with Crippen LogP contribution in [0.1, 0.15) is 27.2 Å². The van der Waals surface area contributed by atoms with Crippen LogP contribution >= 0.6 is 0 Å². The highest BCUT2D eigenvalue weighted by Crippen LogP contribution is 2.18. The number of rotatable bonds is 6. The minimum atomic E-state index is -0.483. The first-order valence-corrected chi connectivity index (χ1v) is 9.99. The summed E-state index contributed by atoms with van der Waals surface area (Å²) in [5.41, 5.74) is 9.81. The average molecular weight is 421 g/mol. The average Bonchev–Trinajstić information content (AvgIpc) is 3.30. The monoisotopic (exact) mass is 421 g/mol. The van der Waals surface area contributed by atoms with Gasteiger partial charge in [0.1, 0.15) is 5.71 Å². The number of aromatic nitrogens is 3. The van der Waals surface area contributed by atoms with E-state index in [9.17, 15) is 4.79 Å². The summed E-state index contributed by atoms with van der Waals surface area (Å²) in [6.45, 7) is 4.35. The van der Waals surface area contributed by atoms with Crippen LogP contribution in [-0.4, -0.2) is 60.3 Å². The van der Waals surface area contributed by atoms with Crippen molar-refractivity contribution in [1.29, 1.82) is 5.41 Å². The van der Waals surface area contributed by atoms with Crippen LogP contribution in [0.4, 0.5) is 5.69 Å². The SMILES string of the molecule is COC(=O)c1ccc(N)c(C(=N)c2c[n+](-c3ccc(CN4CCOCC4)cc3)[nH]n2)c1. The van der Waals surface area contributed by atoms with E-state index in [1.54, 1.807) is 29.1 Å². The molecule has 2 heterocycles. The Hall–Kier alpha value is -3.56. The number of carbonyl (C=O) groups excluding carboxylic acids is 1. The van der Waals surface area contributed by atoms with Gasteiger partial charge in [-0.3, -0.25) is 10.3 Å². The quantitative estimate of drug-likeness (QED) is 0.239. The number of nitrogens with two attached hydrogens (primary N) is 1. The molecule has 4 rings (SSSR count). The second kappa shape index (κ2) is 9.07. The highest BCUT2D eigenvalue weighted by molar-refractivity contribution is 6.13. The van der Waals surface area contributed by atoms with Gasteiger partial charge in [-0.25, -0.2) is 4.79 Å². The van der Waals surface area contributed by atoms with Crippen molar-refractivity contribution in [2.45, 2.75) is 6.54 Å². The molecule has 0 bridgehead atoms. The van der Waals surface area contributed by atoms with Crippen molar-refractivity contribution in [3.05, 3.63) is 71.0 Å². The normalized spacial score (nSPS) is 14.4. The minimum Gasteiger partial charge on any atom is -0.465 e. The van der Waals surface area contributed by atoms with E-state index in [2.05, 4.69) is 27.3 Å². The summed E-state index contributed by atoms with van der Waals surface area (Å²) in [5, 5.41) is 15.7. The van der Waals surface area contributed by atoms with Crippen molar-refractivity contribution < 1.29 is 19.0 Å². The first kappa shape index (κ1) is 20.7. The molecule has 160 valence electrons. The zero-order chi connectivity index (χ0) is 21.8. The molecule has 0 amide bonds. The van der Waals surface area contributed by atoms with Gasteiger partial charge >= 0.3 is 5.97 Å². The Morgan fingerprint density at radius 1 is 1.26 bits per heavy atom. The highest BCUT2D eigenvalue weighted by atomic mass is 16.5. The molecular formula is C22H25N6O3+. The summed E-state index contributed by atoms with van der Waals surface area (Å²) in [6, 6.07) is 12.9. The van der Waals surface area contributed by atoms with E-state index < -0.39 is 5.97 Å². The lowest BCUT2D eigenvalue weighted by atomic mass is 10.0. The number of morpholine rings is 1. The largest absolute Gasteiger partial charge is 0.465 e. The van der Waals surface area contributed by atoms with Gasteiger partial charge in [0.15, 0.2) is 11.9 Å². The van der Waals surface area contributed by atoms with Crippen molar-refractivity contribution in [2.24, 2.45) is 0 Å². The molecule has 1 fully saturated rings. The van der Waals surface area contributed by atoms with Gasteiger partial charge in [0.05, 0.1) is 25.9 Å². The van der Waals surface area contributed by atoms with Crippen LogP contribution in [0.25, 0.3) is 5.69 Å². The van der Waals surface area contributed by atoms with Gasteiger partial charge < -0.3 is 15.2 Å². The van der Waals surface area contributed by atoms with Gasteiger partial charge in [0.25, 0.3) is 5.69 Å². The second-order valence-electron chi connectivity index (χ2n) is 7.32. The summed E-state index contributed by atoms with van der Waals surface area (Å²) in [4.78, 5) is 14.2. The summed E-state index contributed by atoms with van der Waals surface area (Å²) < 4.78 is 11.9. The number of hydrogen-bond acceptors (Lipinski definition) is 7. The molecule has 9 heteroatoms. The number of hydrogen-bond donors (Lipinski definition) is 3. The third-order valence-electron chi connectivity index (χ3n) is 5.25. The summed E-state index contributed by atoms with van der Waals surface area (Å²) >= 11 is 0. The number of nitrogens with one attached hydrogen (secondary N) is 2. The first-order valence-electron chi connectivity index (χ1n) is 9.99. The Bertz CT molecular complexity index is 1090. The van der Waals surface area contributed by atoms with Crippen LogP contribution < -0.4 is 10.4 Å². The number of anilines is 1. The van der Waals surface area contributed by atoms with E-state index in [-0.39, 0.29) is 5.71 Å². The molecule has 1 saturated heterocycles. The van der Waals surface area contributed by atoms with E-state index in [1.807, 2.05) is 12.1 Å². The maximum Gasteiger partial charge on any atom is 0.337 e. The summed E-state index contributed by atoms with van der Waals surface area (Å²) in [7, 11) is 1.31. The Balaban J connectivity index is 1.50. The van der Waals surface area contributed by atoms with E-state index >= 15 is 0 Å². The minimum absolute atomic E-state index is 0.113. The maximum absolute atomic E-state index is 11.8. The molecule has 0 atom stereocenters. The van der Waals surface area contributed by atoms with Crippen molar-refractivity contribution in [2.75, 3.05) is 39.1 Å². The lowest BCUT2D eigenvalue weighted by Crippen LogP contribution is -2.35. The molecule has 1 aliphatic heterocycles. The van der Waals surface area contributed by atoms with Crippen LogP contribution in [0.2, 0.25) is 0 Å². The van der Waals surface area contributed by atoms with Crippen molar-refractivity contribution in [1.82, 2.24) is 15.2 Å². The third kappa shape index (κ3) is 4.62. The number of nitrogens with zero attached hydrogens (tertiary/aromatic N) is 3. The van der Waals surface area contributed by atoms with Gasteiger partial charge in [0, 0.05) is 36.0 Å². The smallest absolute Gasteiger partial charge is 0.337 e. The zero-order valence-corrected chi connectivity index (χ0v) is 17.3. The van der Waals surface area contributed by atoms with Gasteiger partial charge in [-0.05, 0) is 35.9 Å². The molecule has 2 aromatic carbocycles. The predicted molar refractivity (Wildman–Crippen MR) is 114 cm³/mol. The Labute approximate surface area is 179 Å². The molecule has 1 aromatic heterocycles. The molecule has 0 radical (unpaired) electrons. The molecule has 0 spiro atoms. The third-order valence-corrected chi connectivity index (χ3v) is 5.25. The molecule has 1 aliphatic rings. The van der Waals surface area contributed by atoms with Crippen molar-refractivity contribution in [3.63, 3.8) is 0 Å². The molecule has 9 nitrogen and oxygen atoms in total. The van der Waals surface area contributed by atoms with Gasteiger partial charge in [0.2, 0.25) is 0 Å². The fourth-order valence-electron chi connectivity index (χ4n) is 3.48. The molecule has 0 unspecified atom stereocenters. The summed E-state index contributed by atoms with van der Waals surface area (Å²) in [5.74, 6) is -0.483. The van der Waals surface area contributed by atoms with Crippen LogP contribution in [0, 0.1) is 5.41 Å². The van der Waals surface area contributed by atoms with Crippen molar-refractivity contribution >= 4 is 17.4 Å². The van der Waals surface area contributed by atoms with Crippen LogP contribution in [0.5, 0.6) is 0 Å². The van der Waals surface area contributed by atoms with Gasteiger partial charge in [-0.1, -0.05) is 17.3 Å². The van der Waals surface area contributed by atoms with E-state index in [0.717, 1.165) is 38.5 Å². The topological polar surface area (TPSA) is 121 Å². The Kier molecular flexibility index (Phi) is 6.06. The summed E-state index contributed by atoms with van der Waals surface area (Å²) in [6.07, 6.45) is 1.73. The number of H-pyrrole nitrogens is 1. The first-order chi connectivity index (χ1) is 15.0. The number of carbonyl (C=O) groups is 1. The fourth-order valence-corrected chi connectivity index (χ4v) is 3.48. The molecule has 4 N–H and O–H groups in total. The lowest BCUT2D eigenvalue weighted by molar-refractivity contribution is -0.659. The molecule has 3 aromatic rings. The van der Waals surface area contributed by atoms with E-state index in [0.29, 0.717) is 22.5 Å². The van der Waals surface area contributed by atoms with Crippen LogP contribution in [0.15, 0.2) is 48.7 Å². The molecule has 31 heavy (non-hydrogen) atoms. The van der Waals surface area contributed by atoms with E-state index in [4.69, 9.17) is 20.6 Å². The van der Waals surface area contributed by atoms with Crippen molar-refractivity contribution in [3.8, 4) is 5.69 Å². The molecular weight excluding hydrogens is 396 g/mol. The standard InChI is InChI=1S/C22H24N6O3/c1-30-22(29)16-4-7-19(23)18(12-16)21(24)20-14-28(26-25-20)17-5-2-15(3-6-17)13-27-8-10-31-11-9-27/h2-7,12,14H,8-11,13H2,1H3,(H3,23,24,29)/p+1. The Morgan fingerprint density at radius 2 is 2.00 bits per heavy atom. The number of benzene rings is 2. The van der Waals surface area contributed by atoms with Crippen LogP contribution in [-0.2, 0) is 16.0 Å². The molecule has 0 aliphatic carbocycles. The number of esters is 1. The number of methoxy groups -OCH3 is 1. The number of ether oxygens (including phenoxy) is 2. The predicted octanol–water partition coefficient (Wildman–Crippen LogP) is 1.30. The zero-order valence-electron chi connectivity index (χ0n) is 17.3. The molecule has 0 saturated carbocycles. The maximum atomic E-state index is 11.8. The Morgan fingerprint density at radius 3 is 2.71 bits per heavy atom. The fraction of sp³-hybridized carbons (Fsp3) is 0.273. The van der Waals surface area contributed by atoms with Gasteiger partial charge in [-0.2, -0.15) is 0 Å². The van der Waals surface area contributed by atoms with Gasteiger partial charge in [-0.15, -0.1) is 4.68 Å². The number of aromatic amines is 1. The van der Waals surface area contributed by atoms with E-state index in [1.165, 1.54) is 12.7 Å². The lowest BCUT2D eigenvalue weighted by Gasteiger charge is -2.26. The highest BCUT2D eigenvalue weighted by Gasteiger charge is 2.21. The second-order valence-corrected chi connectivity index (χ2v) is 7.32. The number of nitrogen functional groups attached to an aromatic ring is 1. The van der Waals surface area contributed by atoms with Crippen LogP contribution in [0.3, 0.4) is 0 Å².